The molecule has 51 heavy (non-hydrogen) atoms. The first-order valence-electron chi connectivity index (χ1n) is 18.1. The summed E-state index contributed by atoms with van der Waals surface area (Å²) in [5.74, 6) is 0.200. The van der Waals surface area contributed by atoms with Gasteiger partial charge in [0.05, 0.1) is 47.3 Å². The zero-order chi connectivity index (χ0) is 35.9. The Balaban J connectivity index is 1.15. The topological polar surface area (TPSA) is 145 Å². The molecule has 3 aromatic rings. The fourth-order valence-electron chi connectivity index (χ4n) is 7.37. The van der Waals surface area contributed by atoms with Gasteiger partial charge in [0.15, 0.2) is 5.78 Å². The third-order valence-electron chi connectivity index (χ3n) is 10.7. The zero-order valence-corrected chi connectivity index (χ0v) is 31.1. The van der Waals surface area contributed by atoms with Crippen molar-refractivity contribution in [2.45, 2.75) is 108 Å². The van der Waals surface area contributed by atoms with E-state index < -0.39 is 38.7 Å². The number of ether oxygens (including phenoxy) is 2. The fraction of sp³-hybridized carbons (Fsp3) is 0.553. The molecule has 1 aromatic carbocycles. The first-order valence-corrected chi connectivity index (χ1v) is 20.6. The summed E-state index contributed by atoms with van der Waals surface area (Å²) in [6.07, 6.45) is 9.83. The SMILES string of the molecule is COc1cc(O[C@@H]2C[C@H]3C(=O)C[C@]4(C(=O)NS(=O)(=O)C5CC5)C[C@H]4/C=C\CCCCCCC(=O)N3C2)c2ccc(-c3nc(C(C)C)cs3)nc2c1. The molecule has 0 spiro atoms. The molecule has 0 radical (unpaired) electrons. The maximum absolute atomic E-state index is 14.2. The van der Waals surface area contributed by atoms with Gasteiger partial charge in [0.2, 0.25) is 21.8 Å². The monoisotopic (exact) mass is 734 g/mol. The van der Waals surface area contributed by atoms with Crippen molar-refractivity contribution in [2.24, 2.45) is 11.3 Å². The Bertz CT molecular complexity index is 1970. The highest BCUT2D eigenvalue weighted by Crippen LogP contribution is 2.57. The number of amides is 2. The number of ketones is 1. The summed E-state index contributed by atoms with van der Waals surface area (Å²) < 4.78 is 40.1. The minimum Gasteiger partial charge on any atom is -0.497 e. The van der Waals surface area contributed by atoms with Gasteiger partial charge < -0.3 is 14.4 Å². The average molecular weight is 735 g/mol. The molecule has 2 aromatic heterocycles. The van der Waals surface area contributed by atoms with E-state index in [1.807, 2.05) is 30.4 Å². The van der Waals surface area contributed by atoms with Gasteiger partial charge in [-0.05, 0) is 62.5 Å². The van der Waals surface area contributed by atoms with Gasteiger partial charge in [-0.25, -0.2) is 18.4 Å². The molecule has 4 aliphatic rings. The molecule has 2 saturated carbocycles. The molecule has 272 valence electrons. The summed E-state index contributed by atoms with van der Waals surface area (Å²) in [6, 6.07) is 6.73. The van der Waals surface area contributed by atoms with Crippen LogP contribution in [0.4, 0.5) is 0 Å². The molecule has 2 aliphatic carbocycles. The van der Waals surface area contributed by atoms with Gasteiger partial charge in [0, 0.05) is 42.2 Å². The van der Waals surface area contributed by atoms with Crippen molar-refractivity contribution in [1.82, 2.24) is 19.6 Å². The first-order chi connectivity index (χ1) is 24.5. The highest BCUT2D eigenvalue weighted by atomic mass is 32.2. The number of hydrogen-bond donors (Lipinski definition) is 1. The predicted octanol–water partition coefficient (Wildman–Crippen LogP) is 6.32. The number of carbonyl (C=O) groups is 3. The number of thiazole rings is 1. The Hall–Kier alpha value is -3.84. The van der Waals surface area contributed by atoms with Gasteiger partial charge in [-0.2, -0.15) is 0 Å². The Morgan fingerprint density at radius 1 is 1.10 bits per heavy atom. The Morgan fingerprint density at radius 3 is 2.65 bits per heavy atom. The number of methoxy groups -OCH3 is 1. The van der Waals surface area contributed by atoms with Crippen molar-refractivity contribution < 1.29 is 32.3 Å². The minimum absolute atomic E-state index is 0.111. The van der Waals surface area contributed by atoms with Crippen LogP contribution in [0, 0.1) is 11.3 Å². The van der Waals surface area contributed by atoms with Crippen LogP contribution in [0.5, 0.6) is 11.5 Å². The lowest BCUT2D eigenvalue weighted by Gasteiger charge is -2.25. The lowest BCUT2D eigenvalue weighted by atomic mass is 9.91. The molecule has 13 heteroatoms. The van der Waals surface area contributed by atoms with Crippen LogP contribution in [0.3, 0.4) is 0 Å². The van der Waals surface area contributed by atoms with Gasteiger partial charge in [-0.1, -0.05) is 38.8 Å². The summed E-state index contributed by atoms with van der Waals surface area (Å²) in [4.78, 5) is 52.9. The number of fused-ring (bicyclic) bond motifs is 3. The summed E-state index contributed by atoms with van der Waals surface area (Å²) in [7, 11) is -2.20. The number of nitrogens with one attached hydrogen (secondary N) is 1. The largest absolute Gasteiger partial charge is 0.497 e. The van der Waals surface area contributed by atoms with Crippen molar-refractivity contribution in [2.75, 3.05) is 13.7 Å². The number of nitrogens with zero attached hydrogens (tertiary/aromatic N) is 3. The van der Waals surface area contributed by atoms with Gasteiger partial charge in [-0.3, -0.25) is 19.1 Å². The number of benzene rings is 1. The van der Waals surface area contributed by atoms with Crippen molar-refractivity contribution in [3.05, 3.63) is 47.5 Å². The second kappa shape index (κ2) is 14.3. The number of rotatable bonds is 8. The number of carbonyl (C=O) groups excluding carboxylic acids is 3. The maximum atomic E-state index is 14.2. The Kier molecular flexibility index (Phi) is 9.96. The van der Waals surface area contributed by atoms with Crippen molar-refractivity contribution in [1.29, 1.82) is 0 Å². The highest BCUT2D eigenvalue weighted by molar-refractivity contribution is 7.90. The lowest BCUT2D eigenvalue weighted by molar-refractivity contribution is -0.139. The van der Waals surface area contributed by atoms with E-state index in [9.17, 15) is 22.8 Å². The molecule has 2 amide bonds. The molecule has 0 unspecified atom stereocenters. The van der Waals surface area contributed by atoms with Crippen LogP contribution in [-0.4, -0.2) is 71.9 Å². The van der Waals surface area contributed by atoms with E-state index in [2.05, 4.69) is 23.9 Å². The highest BCUT2D eigenvalue weighted by Gasteiger charge is 2.61. The van der Waals surface area contributed by atoms with Crippen LogP contribution >= 0.6 is 11.3 Å². The third kappa shape index (κ3) is 7.55. The molecule has 3 fully saturated rings. The van der Waals surface area contributed by atoms with Gasteiger partial charge >= 0.3 is 0 Å². The number of allylic oxidation sites excluding steroid dienone is 2. The van der Waals surface area contributed by atoms with Crippen LogP contribution < -0.4 is 14.2 Å². The Morgan fingerprint density at radius 2 is 1.90 bits per heavy atom. The fourth-order valence-corrected chi connectivity index (χ4v) is 9.71. The van der Waals surface area contributed by atoms with E-state index in [0.717, 1.165) is 53.9 Å². The second-order valence-electron chi connectivity index (χ2n) is 14.8. The second-order valence-corrected chi connectivity index (χ2v) is 17.6. The molecule has 4 heterocycles. The molecule has 11 nitrogen and oxygen atoms in total. The maximum Gasteiger partial charge on any atom is 0.240 e. The van der Waals surface area contributed by atoms with E-state index in [4.69, 9.17) is 19.4 Å². The molecule has 1 saturated heterocycles. The molecule has 2 aliphatic heterocycles. The van der Waals surface area contributed by atoms with E-state index in [0.29, 0.717) is 48.6 Å². The number of pyridine rings is 1. The average Bonchev–Trinajstić information content (AvgIpc) is 3.97. The van der Waals surface area contributed by atoms with Gasteiger partial charge in [-0.15, -0.1) is 11.3 Å². The van der Waals surface area contributed by atoms with Crippen LogP contribution in [0.25, 0.3) is 21.6 Å². The molecule has 4 atom stereocenters. The van der Waals surface area contributed by atoms with E-state index in [-0.39, 0.29) is 37.0 Å². The summed E-state index contributed by atoms with van der Waals surface area (Å²) in [5.41, 5.74) is 1.29. The normalized spacial score (nSPS) is 26.6. The summed E-state index contributed by atoms with van der Waals surface area (Å²) >= 11 is 1.55. The molecule has 1 N–H and O–H groups in total. The molecule has 0 bridgehead atoms. The van der Waals surface area contributed by atoms with E-state index in [1.54, 1.807) is 29.4 Å². The summed E-state index contributed by atoms with van der Waals surface area (Å²) in [5, 5.41) is 3.09. The van der Waals surface area contributed by atoms with E-state index >= 15 is 0 Å². The Labute approximate surface area is 303 Å². The van der Waals surface area contributed by atoms with Crippen LogP contribution in [-0.2, 0) is 24.4 Å². The number of Topliss-reactive ketones (excluding diaryl/α,β-unsaturated/α-hetero) is 1. The van der Waals surface area contributed by atoms with Crippen LogP contribution in [0.2, 0.25) is 0 Å². The van der Waals surface area contributed by atoms with Crippen LogP contribution in [0.1, 0.15) is 96.1 Å². The van der Waals surface area contributed by atoms with Gasteiger partial charge in [0.1, 0.15) is 22.6 Å². The number of aromatic nitrogens is 2. The van der Waals surface area contributed by atoms with Crippen LogP contribution in [0.15, 0.2) is 41.8 Å². The van der Waals surface area contributed by atoms with Crippen molar-refractivity contribution in [3.63, 3.8) is 0 Å². The number of hydrogen-bond acceptors (Lipinski definition) is 10. The quantitative estimate of drug-likeness (QED) is 0.263. The molecular weight excluding hydrogens is 689 g/mol. The van der Waals surface area contributed by atoms with Crippen molar-refractivity contribution >= 4 is 49.9 Å². The predicted molar refractivity (Wildman–Crippen MR) is 195 cm³/mol. The smallest absolute Gasteiger partial charge is 0.240 e. The lowest BCUT2D eigenvalue weighted by Crippen LogP contribution is -2.44. The van der Waals surface area contributed by atoms with Gasteiger partial charge in [0.25, 0.3) is 0 Å². The standard InChI is InChI=1S/C38H46N4O7S2/c1-23(2)31-22-50-36(40-31)29-15-14-28-30(39-29)16-25(48-3)18-34(28)49-26-17-32-33(43)20-38(37(45)41-51(46,47)27-12-13-27)19-24(38)10-8-6-4-5-7-9-11-35(44)42(32)21-26/h8,10,14-16,18,22-24,26-27,32H,4-7,9,11-13,17,19-21H2,1-3H3,(H,41,45)/b10-8-/t24-,26-,32+,38-/m1/s1. The third-order valence-corrected chi connectivity index (χ3v) is 13.4. The minimum atomic E-state index is -3.78. The molecule has 7 rings (SSSR count). The van der Waals surface area contributed by atoms with Crippen molar-refractivity contribution in [3.8, 4) is 22.2 Å². The zero-order valence-electron chi connectivity index (χ0n) is 29.4. The number of sulfonamides is 1. The molecular formula is C38H46N4O7S2. The summed E-state index contributed by atoms with van der Waals surface area (Å²) in [6.45, 7) is 4.43. The first kappa shape index (κ1) is 35.6. The van der Waals surface area contributed by atoms with E-state index in [1.165, 1.54) is 0 Å².